The smallest absolute Gasteiger partial charge is 0.270 e. The van der Waals surface area contributed by atoms with E-state index < -0.39 is 29.2 Å². The van der Waals surface area contributed by atoms with E-state index in [-0.39, 0.29) is 34.9 Å². The van der Waals surface area contributed by atoms with Gasteiger partial charge in [-0.3, -0.25) is 29.4 Å². The second kappa shape index (κ2) is 7.58. The highest BCUT2D eigenvalue weighted by molar-refractivity contribution is 6.22. The standard InChI is InChI=1S/C19H17N3O7/c1-10-6-15(23)16(24)7-11(10)4-5-20-17(25)9-21-18(26)13-3-2-12(22(28)29)8-14(13)19(21)27/h2-3,6-8,23-24H,4-5,9H2,1H3,(H,20,25). The zero-order valence-electron chi connectivity index (χ0n) is 15.3. The molecule has 29 heavy (non-hydrogen) atoms. The van der Waals surface area contributed by atoms with Crippen LogP contribution in [0.25, 0.3) is 0 Å². The van der Waals surface area contributed by atoms with Crippen molar-refractivity contribution in [2.75, 3.05) is 13.1 Å². The molecule has 0 aromatic heterocycles. The first-order chi connectivity index (χ1) is 13.7. The number of fused-ring (bicyclic) bond motifs is 1. The van der Waals surface area contributed by atoms with Gasteiger partial charge in [0.1, 0.15) is 6.54 Å². The van der Waals surface area contributed by atoms with Crippen LogP contribution >= 0.6 is 0 Å². The van der Waals surface area contributed by atoms with Crippen molar-refractivity contribution < 1.29 is 29.5 Å². The Morgan fingerprint density at radius 3 is 2.45 bits per heavy atom. The minimum atomic E-state index is -0.761. The summed E-state index contributed by atoms with van der Waals surface area (Å²) >= 11 is 0. The molecular formula is C19H17N3O7. The fourth-order valence-electron chi connectivity index (χ4n) is 3.07. The largest absolute Gasteiger partial charge is 0.504 e. The number of nitro groups is 1. The predicted molar refractivity (Wildman–Crippen MR) is 99.7 cm³/mol. The molecular weight excluding hydrogens is 382 g/mol. The van der Waals surface area contributed by atoms with Crippen LogP contribution in [0, 0.1) is 17.0 Å². The van der Waals surface area contributed by atoms with Gasteiger partial charge in [-0.2, -0.15) is 0 Å². The molecule has 0 saturated heterocycles. The molecule has 3 amide bonds. The first-order valence-electron chi connectivity index (χ1n) is 8.62. The number of amides is 3. The van der Waals surface area contributed by atoms with Crippen LogP contribution in [-0.2, 0) is 11.2 Å². The molecule has 1 aliphatic rings. The monoisotopic (exact) mass is 399 g/mol. The molecule has 1 aliphatic heterocycles. The molecule has 0 radical (unpaired) electrons. The van der Waals surface area contributed by atoms with Gasteiger partial charge in [-0.1, -0.05) is 0 Å². The van der Waals surface area contributed by atoms with Crippen LogP contribution in [0.1, 0.15) is 31.8 Å². The molecule has 0 atom stereocenters. The van der Waals surface area contributed by atoms with E-state index in [0.29, 0.717) is 12.0 Å². The lowest BCUT2D eigenvalue weighted by Crippen LogP contribution is -2.40. The highest BCUT2D eigenvalue weighted by atomic mass is 16.6. The number of phenolic OH excluding ortho intramolecular Hbond substituents is 2. The number of nitrogens with zero attached hydrogens (tertiary/aromatic N) is 2. The lowest BCUT2D eigenvalue weighted by atomic mass is 10.0. The summed E-state index contributed by atoms with van der Waals surface area (Å²) in [5.41, 5.74) is 1.05. The van der Waals surface area contributed by atoms with E-state index >= 15 is 0 Å². The normalized spacial score (nSPS) is 12.8. The van der Waals surface area contributed by atoms with Crippen molar-refractivity contribution in [3.8, 4) is 11.5 Å². The number of benzene rings is 2. The number of aromatic hydroxyl groups is 2. The van der Waals surface area contributed by atoms with Gasteiger partial charge in [0.2, 0.25) is 5.91 Å². The number of nitrogens with one attached hydrogen (secondary N) is 1. The van der Waals surface area contributed by atoms with Crippen molar-refractivity contribution in [3.05, 3.63) is 62.7 Å². The van der Waals surface area contributed by atoms with E-state index in [1.807, 2.05) is 0 Å². The first-order valence-corrected chi connectivity index (χ1v) is 8.62. The zero-order chi connectivity index (χ0) is 21.3. The highest BCUT2D eigenvalue weighted by Gasteiger charge is 2.37. The molecule has 10 nitrogen and oxygen atoms in total. The number of non-ortho nitro benzene ring substituents is 1. The number of rotatable bonds is 6. The summed E-state index contributed by atoms with van der Waals surface area (Å²) in [5, 5.41) is 32.4. The second-order valence-electron chi connectivity index (χ2n) is 6.55. The summed E-state index contributed by atoms with van der Waals surface area (Å²) in [6.07, 6.45) is 0.361. The van der Waals surface area contributed by atoms with Crippen molar-refractivity contribution in [2.45, 2.75) is 13.3 Å². The van der Waals surface area contributed by atoms with Crippen molar-refractivity contribution in [3.63, 3.8) is 0 Å². The average Bonchev–Trinajstić information content (AvgIpc) is 2.90. The molecule has 10 heteroatoms. The van der Waals surface area contributed by atoms with Crippen LogP contribution in [-0.4, -0.2) is 50.8 Å². The van der Waals surface area contributed by atoms with Crippen molar-refractivity contribution in [1.82, 2.24) is 10.2 Å². The molecule has 0 unspecified atom stereocenters. The number of imide groups is 1. The number of hydrogen-bond donors (Lipinski definition) is 3. The van der Waals surface area contributed by atoms with Crippen LogP contribution in [0.5, 0.6) is 11.5 Å². The Morgan fingerprint density at radius 2 is 1.76 bits per heavy atom. The molecule has 0 bridgehead atoms. The van der Waals surface area contributed by atoms with Gasteiger partial charge in [0.05, 0.1) is 16.1 Å². The fourth-order valence-corrected chi connectivity index (χ4v) is 3.07. The number of carbonyl (C=O) groups excluding carboxylic acids is 3. The Labute approximate surface area is 164 Å². The Kier molecular flexibility index (Phi) is 5.18. The van der Waals surface area contributed by atoms with Gasteiger partial charge in [-0.05, 0) is 42.7 Å². The summed E-state index contributed by atoms with van der Waals surface area (Å²) in [6, 6.07) is 6.15. The maximum atomic E-state index is 12.4. The average molecular weight is 399 g/mol. The first kappa shape index (κ1) is 19.8. The lowest BCUT2D eigenvalue weighted by Gasteiger charge is -2.14. The topological polar surface area (TPSA) is 150 Å². The van der Waals surface area contributed by atoms with E-state index in [4.69, 9.17) is 0 Å². The van der Waals surface area contributed by atoms with Crippen LogP contribution < -0.4 is 5.32 Å². The number of hydrogen-bond acceptors (Lipinski definition) is 7. The van der Waals surface area contributed by atoms with Gasteiger partial charge < -0.3 is 15.5 Å². The fraction of sp³-hybridized carbons (Fsp3) is 0.211. The summed E-state index contributed by atoms with van der Waals surface area (Å²) in [4.78, 5) is 47.8. The molecule has 0 fully saturated rings. The van der Waals surface area contributed by atoms with Crippen LogP contribution in [0.4, 0.5) is 5.69 Å². The molecule has 3 N–H and O–H groups in total. The third-order valence-corrected chi connectivity index (χ3v) is 4.62. The Morgan fingerprint density at radius 1 is 1.10 bits per heavy atom. The summed E-state index contributed by atoms with van der Waals surface area (Å²) in [7, 11) is 0. The quantitative estimate of drug-likeness (QED) is 0.286. The summed E-state index contributed by atoms with van der Waals surface area (Å²) in [5.74, 6) is -2.52. The highest BCUT2D eigenvalue weighted by Crippen LogP contribution is 2.28. The van der Waals surface area contributed by atoms with E-state index in [9.17, 15) is 34.7 Å². The Balaban J connectivity index is 1.61. The Bertz CT molecular complexity index is 1050. The predicted octanol–water partition coefficient (Wildman–Crippen LogP) is 1.27. The van der Waals surface area contributed by atoms with Crippen molar-refractivity contribution in [2.24, 2.45) is 0 Å². The van der Waals surface area contributed by atoms with Crippen LogP contribution in [0.2, 0.25) is 0 Å². The van der Waals surface area contributed by atoms with Gasteiger partial charge in [-0.25, -0.2) is 0 Å². The molecule has 0 saturated carbocycles. The lowest BCUT2D eigenvalue weighted by molar-refractivity contribution is -0.384. The molecule has 2 aromatic rings. The van der Waals surface area contributed by atoms with Gasteiger partial charge in [-0.15, -0.1) is 0 Å². The summed E-state index contributed by atoms with van der Waals surface area (Å²) < 4.78 is 0. The molecule has 3 rings (SSSR count). The van der Waals surface area contributed by atoms with Crippen molar-refractivity contribution >= 4 is 23.4 Å². The summed E-state index contributed by atoms with van der Waals surface area (Å²) in [6.45, 7) is 1.41. The third kappa shape index (κ3) is 3.86. The number of aryl methyl sites for hydroxylation is 1. The van der Waals surface area contributed by atoms with Gasteiger partial charge in [0, 0.05) is 18.7 Å². The minimum absolute atomic E-state index is 0.0172. The second-order valence-corrected chi connectivity index (χ2v) is 6.55. The maximum absolute atomic E-state index is 12.4. The van der Waals surface area contributed by atoms with E-state index in [0.717, 1.165) is 22.6 Å². The van der Waals surface area contributed by atoms with E-state index in [1.54, 1.807) is 6.92 Å². The van der Waals surface area contributed by atoms with Crippen LogP contribution in [0.3, 0.4) is 0 Å². The molecule has 1 heterocycles. The molecule has 150 valence electrons. The SMILES string of the molecule is Cc1cc(O)c(O)cc1CCNC(=O)CN1C(=O)c2ccc([N+](=O)[O-])cc2C1=O. The minimum Gasteiger partial charge on any atom is -0.504 e. The van der Waals surface area contributed by atoms with Crippen LogP contribution in [0.15, 0.2) is 30.3 Å². The molecule has 0 spiro atoms. The van der Waals surface area contributed by atoms with Crippen molar-refractivity contribution in [1.29, 1.82) is 0 Å². The van der Waals surface area contributed by atoms with E-state index in [2.05, 4.69) is 5.32 Å². The number of nitro benzene ring substituents is 1. The third-order valence-electron chi connectivity index (χ3n) is 4.62. The van der Waals surface area contributed by atoms with Gasteiger partial charge in [0.15, 0.2) is 11.5 Å². The number of carbonyl (C=O) groups is 3. The van der Waals surface area contributed by atoms with Gasteiger partial charge >= 0.3 is 0 Å². The Hall–Kier alpha value is -3.95. The van der Waals surface area contributed by atoms with E-state index in [1.165, 1.54) is 18.2 Å². The van der Waals surface area contributed by atoms with Gasteiger partial charge in [0.25, 0.3) is 17.5 Å². The molecule has 2 aromatic carbocycles. The maximum Gasteiger partial charge on any atom is 0.270 e. The number of phenols is 2. The zero-order valence-corrected chi connectivity index (χ0v) is 15.3. The molecule has 0 aliphatic carbocycles.